The van der Waals surface area contributed by atoms with Crippen molar-refractivity contribution in [3.05, 3.63) is 36.0 Å². The second kappa shape index (κ2) is 5.21. The van der Waals surface area contributed by atoms with Gasteiger partial charge in [-0.15, -0.1) is 0 Å². The van der Waals surface area contributed by atoms with E-state index in [0.717, 1.165) is 6.20 Å². The molecule has 0 spiro atoms. The molecule has 0 aliphatic carbocycles. The molecule has 0 bridgehead atoms. The van der Waals surface area contributed by atoms with E-state index in [0.29, 0.717) is 9.95 Å². The maximum absolute atomic E-state index is 12.6. The van der Waals surface area contributed by atoms with Crippen molar-refractivity contribution in [1.29, 1.82) is 0 Å². The molecule has 2 rings (SSSR count). The van der Waals surface area contributed by atoms with Gasteiger partial charge in [0.05, 0.1) is 5.52 Å². The summed E-state index contributed by atoms with van der Waals surface area (Å²) < 4.78 is 38.2. The van der Waals surface area contributed by atoms with E-state index in [1.807, 2.05) is 0 Å². The molecule has 0 radical (unpaired) electrons. The fraction of sp³-hybridized carbons (Fsp3) is 0.231. The standard InChI is InChI=1S/C13H11F3N2O3/c14-13(15,16)12(21)18-6-7(5-9(17)11(19)20)8-3-1-2-4-10(8)18/h1-4,6,9H,5,17H2,(H,19,20)/t9-/m0/s1. The number of aliphatic carboxylic acids is 1. The summed E-state index contributed by atoms with van der Waals surface area (Å²) in [7, 11) is 0. The molecule has 0 fully saturated rings. The fourth-order valence-electron chi connectivity index (χ4n) is 2.04. The highest BCUT2D eigenvalue weighted by molar-refractivity contribution is 5.97. The summed E-state index contributed by atoms with van der Waals surface area (Å²) in [6.45, 7) is 0. The number of nitrogens with two attached hydrogens (primary N) is 1. The van der Waals surface area contributed by atoms with E-state index in [4.69, 9.17) is 10.8 Å². The molecule has 0 saturated carbocycles. The van der Waals surface area contributed by atoms with Crippen LogP contribution in [0.3, 0.4) is 0 Å². The molecule has 0 aliphatic rings. The minimum absolute atomic E-state index is 0.0624. The van der Waals surface area contributed by atoms with Crippen LogP contribution in [-0.2, 0) is 11.2 Å². The summed E-state index contributed by atoms with van der Waals surface area (Å²) >= 11 is 0. The molecule has 1 aromatic carbocycles. The third-order valence-electron chi connectivity index (χ3n) is 3.01. The second-order valence-electron chi connectivity index (χ2n) is 4.49. The Labute approximate surface area is 116 Å². The van der Waals surface area contributed by atoms with E-state index < -0.39 is 24.1 Å². The normalized spacial score (nSPS) is 13.3. The van der Waals surface area contributed by atoms with E-state index in [9.17, 15) is 22.8 Å². The van der Waals surface area contributed by atoms with Crippen molar-refractivity contribution in [2.75, 3.05) is 0 Å². The maximum atomic E-state index is 12.6. The number of halogens is 3. The van der Waals surface area contributed by atoms with E-state index in [-0.39, 0.29) is 17.5 Å². The number of benzene rings is 1. The van der Waals surface area contributed by atoms with Crippen LogP contribution in [0.5, 0.6) is 0 Å². The number of carboxylic acids is 1. The topological polar surface area (TPSA) is 85.3 Å². The predicted octanol–water partition coefficient (Wildman–Crippen LogP) is 1.80. The molecule has 0 amide bonds. The predicted molar refractivity (Wildman–Crippen MR) is 67.9 cm³/mol. The van der Waals surface area contributed by atoms with Crippen LogP contribution in [0.4, 0.5) is 13.2 Å². The molecule has 112 valence electrons. The van der Waals surface area contributed by atoms with Gasteiger partial charge < -0.3 is 10.8 Å². The van der Waals surface area contributed by atoms with Crippen molar-refractivity contribution < 1.29 is 27.9 Å². The zero-order valence-electron chi connectivity index (χ0n) is 10.6. The van der Waals surface area contributed by atoms with Gasteiger partial charge in [0, 0.05) is 18.0 Å². The first-order chi connectivity index (χ1) is 9.71. The number of carboxylic acid groups (broad SMARTS) is 1. The summed E-state index contributed by atoms with van der Waals surface area (Å²) in [6, 6.07) is 4.68. The van der Waals surface area contributed by atoms with Crippen LogP contribution in [0, 0.1) is 0 Å². The van der Waals surface area contributed by atoms with Crippen molar-refractivity contribution in [2.45, 2.75) is 18.6 Å². The summed E-state index contributed by atoms with van der Waals surface area (Å²) in [5.41, 5.74) is 5.73. The lowest BCUT2D eigenvalue weighted by molar-refractivity contribution is -0.138. The molecule has 2 aromatic rings. The number of aromatic nitrogens is 1. The van der Waals surface area contributed by atoms with Crippen LogP contribution >= 0.6 is 0 Å². The van der Waals surface area contributed by atoms with Crippen LogP contribution in [0.15, 0.2) is 30.5 Å². The lowest BCUT2D eigenvalue weighted by Gasteiger charge is -2.06. The fourth-order valence-corrected chi connectivity index (χ4v) is 2.04. The highest BCUT2D eigenvalue weighted by Gasteiger charge is 2.40. The molecule has 0 unspecified atom stereocenters. The second-order valence-corrected chi connectivity index (χ2v) is 4.49. The SMILES string of the molecule is N[C@@H](Cc1cn(C(=O)C(F)(F)F)c2ccccc12)C(=O)O. The Bertz CT molecular complexity index is 706. The van der Waals surface area contributed by atoms with Crippen molar-refractivity contribution in [3.63, 3.8) is 0 Å². The van der Waals surface area contributed by atoms with Gasteiger partial charge in [0.25, 0.3) is 0 Å². The van der Waals surface area contributed by atoms with Crippen molar-refractivity contribution in [3.8, 4) is 0 Å². The number of rotatable bonds is 3. The molecule has 1 atom stereocenters. The number of hydrogen-bond donors (Lipinski definition) is 2. The van der Waals surface area contributed by atoms with Gasteiger partial charge in [0.2, 0.25) is 0 Å². The average molecular weight is 300 g/mol. The quantitative estimate of drug-likeness (QED) is 0.905. The van der Waals surface area contributed by atoms with Gasteiger partial charge in [-0.2, -0.15) is 13.2 Å². The monoisotopic (exact) mass is 300 g/mol. The Hall–Kier alpha value is -2.35. The van der Waals surface area contributed by atoms with Crippen LogP contribution in [0.1, 0.15) is 10.4 Å². The van der Waals surface area contributed by atoms with E-state index in [1.165, 1.54) is 18.2 Å². The first-order valence-electron chi connectivity index (χ1n) is 5.90. The van der Waals surface area contributed by atoms with Gasteiger partial charge >= 0.3 is 18.1 Å². The van der Waals surface area contributed by atoms with E-state index in [1.54, 1.807) is 6.07 Å². The van der Waals surface area contributed by atoms with Gasteiger partial charge in [0.15, 0.2) is 0 Å². The van der Waals surface area contributed by atoms with Crippen LogP contribution in [0.2, 0.25) is 0 Å². The molecular formula is C13H11F3N2O3. The Morgan fingerprint density at radius 2 is 1.90 bits per heavy atom. The number of carbonyl (C=O) groups is 2. The number of alkyl halides is 3. The highest BCUT2D eigenvalue weighted by Crippen LogP contribution is 2.26. The van der Waals surface area contributed by atoms with Gasteiger partial charge in [-0.1, -0.05) is 18.2 Å². The van der Waals surface area contributed by atoms with Crippen LogP contribution in [-0.4, -0.2) is 33.8 Å². The largest absolute Gasteiger partial charge is 0.480 e. The zero-order chi connectivity index (χ0) is 15.8. The third kappa shape index (κ3) is 2.89. The summed E-state index contributed by atoms with van der Waals surface area (Å²) in [6.07, 6.45) is -4.20. The first kappa shape index (κ1) is 15.0. The molecule has 8 heteroatoms. The first-order valence-corrected chi connectivity index (χ1v) is 5.90. The number of nitrogens with zero attached hydrogens (tertiary/aromatic N) is 1. The summed E-state index contributed by atoms with van der Waals surface area (Å²) in [4.78, 5) is 22.2. The molecule has 1 heterocycles. The van der Waals surface area contributed by atoms with Gasteiger partial charge in [-0.05, 0) is 11.6 Å². The number of fused-ring (bicyclic) bond motifs is 1. The Morgan fingerprint density at radius 1 is 1.29 bits per heavy atom. The molecule has 3 N–H and O–H groups in total. The van der Waals surface area contributed by atoms with Gasteiger partial charge in [0.1, 0.15) is 6.04 Å². The minimum Gasteiger partial charge on any atom is -0.480 e. The lowest BCUT2D eigenvalue weighted by atomic mass is 10.1. The number of carbonyl (C=O) groups excluding carboxylic acids is 1. The van der Waals surface area contributed by atoms with Crippen molar-refractivity contribution >= 4 is 22.8 Å². The molecule has 0 aliphatic heterocycles. The summed E-state index contributed by atoms with van der Waals surface area (Å²) in [5, 5.41) is 9.15. The minimum atomic E-state index is -5.02. The number of hydrogen-bond acceptors (Lipinski definition) is 3. The molecule has 1 aromatic heterocycles. The lowest BCUT2D eigenvalue weighted by Crippen LogP contribution is -2.32. The zero-order valence-corrected chi connectivity index (χ0v) is 10.6. The summed E-state index contributed by atoms with van der Waals surface area (Å²) in [5.74, 6) is -3.30. The molecular weight excluding hydrogens is 289 g/mol. The van der Waals surface area contributed by atoms with Crippen LogP contribution in [0.25, 0.3) is 10.9 Å². The van der Waals surface area contributed by atoms with Crippen molar-refractivity contribution in [1.82, 2.24) is 4.57 Å². The Kier molecular flexibility index (Phi) is 3.73. The Balaban J connectivity index is 2.54. The molecule has 21 heavy (non-hydrogen) atoms. The third-order valence-corrected chi connectivity index (χ3v) is 3.01. The molecule has 0 saturated heterocycles. The van der Waals surface area contributed by atoms with E-state index in [2.05, 4.69) is 0 Å². The van der Waals surface area contributed by atoms with E-state index >= 15 is 0 Å². The van der Waals surface area contributed by atoms with Gasteiger partial charge in [-0.25, -0.2) is 0 Å². The maximum Gasteiger partial charge on any atom is 0.472 e. The highest BCUT2D eigenvalue weighted by atomic mass is 19.4. The van der Waals surface area contributed by atoms with Crippen LogP contribution < -0.4 is 5.73 Å². The average Bonchev–Trinajstić information content (AvgIpc) is 2.76. The Morgan fingerprint density at radius 3 is 2.48 bits per heavy atom. The number of para-hydroxylation sites is 1. The van der Waals surface area contributed by atoms with Crippen molar-refractivity contribution in [2.24, 2.45) is 5.73 Å². The van der Waals surface area contributed by atoms with Gasteiger partial charge in [-0.3, -0.25) is 14.2 Å². The smallest absolute Gasteiger partial charge is 0.472 e. The molecule has 5 nitrogen and oxygen atoms in total.